The van der Waals surface area contributed by atoms with E-state index in [0.29, 0.717) is 18.4 Å². The summed E-state index contributed by atoms with van der Waals surface area (Å²) in [5.74, 6) is 0.414. The van der Waals surface area contributed by atoms with Crippen molar-refractivity contribution in [3.8, 4) is 11.8 Å². The minimum absolute atomic E-state index is 0.0938. The highest BCUT2D eigenvalue weighted by Gasteiger charge is 2.20. The summed E-state index contributed by atoms with van der Waals surface area (Å²) in [4.78, 5) is 12.4. The second kappa shape index (κ2) is 6.35. The Bertz CT molecular complexity index is 539. The molecule has 1 unspecified atom stereocenters. The first-order chi connectivity index (χ1) is 9.61. The third-order valence-corrected chi connectivity index (χ3v) is 3.65. The molecule has 106 valence electrons. The summed E-state index contributed by atoms with van der Waals surface area (Å²) in [6.45, 7) is 1.56. The maximum Gasteiger partial charge on any atom is 0.271 e. The zero-order valence-electron chi connectivity index (χ0n) is 11.4. The predicted octanol–water partition coefficient (Wildman–Crippen LogP) is 2.33. The van der Waals surface area contributed by atoms with E-state index in [1.54, 1.807) is 0 Å². The number of benzene rings is 1. The number of likely N-dealkylation sites (N-methyl/N-ethyl adjacent to an activating group) is 1. The lowest BCUT2D eigenvalue weighted by molar-refractivity contribution is -0.384. The Morgan fingerprint density at radius 3 is 3.00 bits per heavy atom. The standard InChI is InChI=1S/C14H17N3O3/c1-16-7-3-2-4-13(16)10-20-14-6-5-12(17(18)19)8-11(14)9-15/h5-6,8,13H,2-4,7,10H2,1H3. The topological polar surface area (TPSA) is 79.4 Å². The summed E-state index contributed by atoms with van der Waals surface area (Å²) in [5.41, 5.74) is 0.112. The molecule has 0 bridgehead atoms. The fourth-order valence-corrected chi connectivity index (χ4v) is 2.39. The number of hydrogen-bond acceptors (Lipinski definition) is 5. The molecule has 0 aromatic heterocycles. The number of rotatable bonds is 4. The first kappa shape index (κ1) is 14.3. The van der Waals surface area contributed by atoms with Gasteiger partial charge < -0.3 is 9.64 Å². The molecule has 0 aliphatic carbocycles. The maximum atomic E-state index is 10.7. The Hall–Kier alpha value is -2.13. The number of ether oxygens (including phenoxy) is 1. The molecule has 1 fully saturated rings. The number of non-ortho nitro benzene ring substituents is 1. The highest BCUT2D eigenvalue weighted by atomic mass is 16.6. The third-order valence-electron chi connectivity index (χ3n) is 3.65. The normalized spacial score (nSPS) is 19.3. The maximum absolute atomic E-state index is 10.7. The van der Waals surface area contributed by atoms with Crippen LogP contribution in [0.5, 0.6) is 5.75 Å². The Kier molecular flexibility index (Phi) is 4.53. The number of hydrogen-bond donors (Lipinski definition) is 0. The van der Waals surface area contributed by atoms with Crippen LogP contribution in [0.4, 0.5) is 5.69 Å². The van der Waals surface area contributed by atoms with Gasteiger partial charge in [0, 0.05) is 18.2 Å². The molecule has 1 atom stereocenters. The van der Waals surface area contributed by atoms with Gasteiger partial charge in [-0.05, 0) is 32.5 Å². The molecule has 1 heterocycles. The van der Waals surface area contributed by atoms with Crippen LogP contribution >= 0.6 is 0 Å². The number of nitro groups is 1. The summed E-state index contributed by atoms with van der Waals surface area (Å²) in [6.07, 6.45) is 3.46. The SMILES string of the molecule is CN1CCCCC1COc1ccc([N+](=O)[O-])cc1C#N. The molecule has 1 aliphatic heterocycles. The molecule has 0 spiro atoms. The van der Waals surface area contributed by atoms with Crippen molar-refractivity contribution in [1.29, 1.82) is 5.26 Å². The molecular formula is C14H17N3O3. The van der Waals surface area contributed by atoms with E-state index in [1.807, 2.05) is 6.07 Å². The van der Waals surface area contributed by atoms with Crippen LogP contribution in [0.3, 0.4) is 0 Å². The van der Waals surface area contributed by atoms with Gasteiger partial charge in [-0.3, -0.25) is 10.1 Å². The molecule has 1 aliphatic rings. The molecule has 0 amide bonds. The van der Waals surface area contributed by atoms with Crippen LogP contribution in [0.15, 0.2) is 18.2 Å². The Labute approximate surface area is 117 Å². The van der Waals surface area contributed by atoms with Crippen molar-refractivity contribution in [2.24, 2.45) is 0 Å². The number of nitrogens with zero attached hydrogens (tertiary/aromatic N) is 3. The Morgan fingerprint density at radius 2 is 2.35 bits per heavy atom. The summed E-state index contributed by atoms with van der Waals surface area (Å²) in [5, 5.41) is 19.7. The van der Waals surface area contributed by atoms with Crippen molar-refractivity contribution in [2.75, 3.05) is 20.2 Å². The minimum atomic E-state index is -0.514. The predicted molar refractivity (Wildman–Crippen MR) is 73.6 cm³/mol. The molecule has 1 saturated heterocycles. The van der Waals surface area contributed by atoms with Crippen LogP contribution in [-0.4, -0.2) is 36.1 Å². The average molecular weight is 275 g/mol. The highest BCUT2D eigenvalue weighted by Crippen LogP contribution is 2.24. The van der Waals surface area contributed by atoms with Gasteiger partial charge in [-0.2, -0.15) is 5.26 Å². The van der Waals surface area contributed by atoms with Gasteiger partial charge in [-0.25, -0.2) is 0 Å². The molecule has 2 rings (SSSR count). The second-order valence-electron chi connectivity index (χ2n) is 4.99. The van der Waals surface area contributed by atoms with Gasteiger partial charge in [-0.15, -0.1) is 0 Å². The van der Waals surface area contributed by atoms with E-state index in [1.165, 1.54) is 31.0 Å². The highest BCUT2D eigenvalue weighted by molar-refractivity contribution is 5.50. The molecule has 0 N–H and O–H groups in total. The van der Waals surface area contributed by atoms with Crippen molar-refractivity contribution in [3.63, 3.8) is 0 Å². The van der Waals surface area contributed by atoms with Gasteiger partial charge in [0.25, 0.3) is 5.69 Å². The van der Waals surface area contributed by atoms with Gasteiger partial charge in [0.1, 0.15) is 24.0 Å². The molecule has 0 saturated carbocycles. The van der Waals surface area contributed by atoms with E-state index in [9.17, 15) is 10.1 Å². The van der Waals surface area contributed by atoms with Gasteiger partial charge in [0.15, 0.2) is 0 Å². The van der Waals surface area contributed by atoms with Crippen LogP contribution in [0.2, 0.25) is 0 Å². The zero-order chi connectivity index (χ0) is 14.5. The van der Waals surface area contributed by atoms with Crippen molar-refractivity contribution in [3.05, 3.63) is 33.9 Å². The average Bonchev–Trinajstić information content (AvgIpc) is 2.46. The number of nitro benzene ring substituents is 1. The fraction of sp³-hybridized carbons (Fsp3) is 0.500. The van der Waals surface area contributed by atoms with Crippen molar-refractivity contribution < 1.29 is 9.66 Å². The van der Waals surface area contributed by atoms with E-state index in [-0.39, 0.29) is 11.3 Å². The summed E-state index contributed by atoms with van der Waals surface area (Å²) < 4.78 is 5.69. The minimum Gasteiger partial charge on any atom is -0.491 e. The van der Waals surface area contributed by atoms with Crippen LogP contribution in [0.1, 0.15) is 24.8 Å². The summed E-state index contributed by atoms with van der Waals surface area (Å²) in [6, 6.07) is 6.40. The summed E-state index contributed by atoms with van der Waals surface area (Å²) >= 11 is 0. The molecule has 20 heavy (non-hydrogen) atoms. The number of nitriles is 1. The quantitative estimate of drug-likeness (QED) is 0.622. The molecule has 1 aromatic rings. The van der Waals surface area contributed by atoms with Crippen molar-refractivity contribution in [1.82, 2.24) is 4.90 Å². The van der Waals surface area contributed by atoms with E-state index < -0.39 is 4.92 Å². The van der Waals surface area contributed by atoms with Gasteiger partial charge in [0.2, 0.25) is 0 Å². The Morgan fingerprint density at radius 1 is 1.55 bits per heavy atom. The van der Waals surface area contributed by atoms with E-state index in [2.05, 4.69) is 11.9 Å². The van der Waals surface area contributed by atoms with Crippen LogP contribution < -0.4 is 4.74 Å². The zero-order valence-corrected chi connectivity index (χ0v) is 11.4. The fourth-order valence-electron chi connectivity index (χ4n) is 2.39. The van der Waals surface area contributed by atoms with Crippen molar-refractivity contribution in [2.45, 2.75) is 25.3 Å². The molecular weight excluding hydrogens is 258 g/mol. The van der Waals surface area contributed by atoms with Gasteiger partial charge >= 0.3 is 0 Å². The first-order valence-electron chi connectivity index (χ1n) is 6.63. The first-order valence-corrected chi connectivity index (χ1v) is 6.63. The Balaban J connectivity index is 2.05. The van der Waals surface area contributed by atoms with Crippen LogP contribution in [0, 0.1) is 21.4 Å². The smallest absolute Gasteiger partial charge is 0.271 e. The van der Waals surface area contributed by atoms with E-state index in [0.717, 1.165) is 13.0 Å². The van der Waals surface area contributed by atoms with Crippen LogP contribution in [-0.2, 0) is 0 Å². The largest absolute Gasteiger partial charge is 0.491 e. The van der Waals surface area contributed by atoms with E-state index in [4.69, 9.17) is 10.00 Å². The van der Waals surface area contributed by atoms with Crippen LogP contribution in [0.25, 0.3) is 0 Å². The van der Waals surface area contributed by atoms with Gasteiger partial charge in [0.05, 0.1) is 4.92 Å². The van der Waals surface area contributed by atoms with Crippen molar-refractivity contribution >= 4 is 5.69 Å². The molecule has 0 radical (unpaired) electrons. The lowest BCUT2D eigenvalue weighted by Gasteiger charge is -2.32. The molecule has 1 aromatic carbocycles. The van der Waals surface area contributed by atoms with Gasteiger partial charge in [-0.1, -0.05) is 6.42 Å². The molecule has 6 heteroatoms. The summed E-state index contributed by atoms with van der Waals surface area (Å²) in [7, 11) is 2.06. The number of likely N-dealkylation sites (tertiary alicyclic amines) is 1. The van der Waals surface area contributed by atoms with E-state index >= 15 is 0 Å². The molecule has 6 nitrogen and oxygen atoms in total. The third kappa shape index (κ3) is 3.25. The number of piperidine rings is 1. The lowest BCUT2D eigenvalue weighted by atomic mass is 10.0. The lowest BCUT2D eigenvalue weighted by Crippen LogP contribution is -2.40. The monoisotopic (exact) mass is 275 g/mol. The second-order valence-corrected chi connectivity index (χ2v) is 4.99.